The van der Waals surface area contributed by atoms with Crippen LogP contribution in [0, 0.1) is 0 Å². The number of aryl methyl sites for hydroxylation is 1. The fourth-order valence-electron chi connectivity index (χ4n) is 1.48. The van der Waals surface area contributed by atoms with Crippen molar-refractivity contribution in [2.45, 2.75) is 26.8 Å². The number of nitrogens with zero attached hydrogens (tertiary/aromatic N) is 3. The summed E-state index contributed by atoms with van der Waals surface area (Å²) in [7, 11) is 0. The molecule has 3 nitrogen and oxygen atoms in total. The minimum absolute atomic E-state index is 0.986. The van der Waals surface area contributed by atoms with Gasteiger partial charge < -0.3 is 9.47 Å². The van der Waals surface area contributed by atoms with E-state index in [1.54, 1.807) is 0 Å². The molecular weight excluding hydrogens is 242 g/mol. The quantitative estimate of drug-likeness (QED) is 0.733. The van der Waals surface area contributed by atoms with Gasteiger partial charge in [-0.1, -0.05) is 15.9 Å². The molecule has 1 rings (SSSR count). The zero-order valence-electron chi connectivity index (χ0n) is 8.91. The molecule has 0 radical (unpaired) electrons. The molecule has 1 aromatic heterocycles. The maximum Gasteiger partial charge on any atom is 0.205 e. The molecule has 0 aliphatic carbocycles. The highest BCUT2D eigenvalue weighted by Crippen LogP contribution is 2.11. The molecule has 0 N–H and O–H groups in total. The molecule has 4 heteroatoms. The van der Waals surface area contributed by atoms with E-state index in [0.717, 1.165) is 37.3 Å². The third-order valence-electron chi connectivity index (χ3n) is 2.26. The van der Waals surface area contributed by atoms with Gasteiger partial charge in [-0.25, -0.2) is 4.98 Å². The van der Waals surface area contributed by atoms with Crippen molar-refractivity contribution in [1.29, 1.82) is 0 Å². The highest BCUT2D eigenvalue weighted by atomic mass is 79.9. The van der Waals surface area contributed by atoms with E-state index in [0.29, 0.717) is 0 Å². The summed E-state index contributed by atoms with van der Waals surface area (Å²) in [4.78, 5) is 6.69. The fourth-order valence-corrected chi connectivity index (χ4v) is 1.73. The van der Waals surface area contributed by atoms with Crippen LogP contribution in [-0.2, 0) is 6.54 Å². The van der Waals surface area contributed by atoms with Crippen LogP contribution in [0.5, 0.6) is 0 Å². The maximum absolute atomic E-state index is 4.38. The Balaban J connectivity index is 2.67. The van der Waals surface area contributed by atoms with Crippen LogP contribution in [0.15, 0.2) is 12.4 Å². The van der Waals surface area contributed by atoms with Crippen molar-refractivity contribution in [2.24, 2.45) is 0 Å². The van der Waals surface area contributed by atoms with Crippen LogP contribution in [0.3, 0.4) is 0 Å². The van der Waals surface area contributed by atoms with Crippen LogP contribution in [0.25, 0.3) is 0 Å². The average molecular weight is 260 g/mol. The van der Waals surface area contributed by atoms with Gasteiger partial charge in [0, 0.05) is 37.4 Å². The second-order valence-electron chi connectivity index (χ2n) is 3.14. The van der Waals surface area contributed by atoms with Gasteiger partial charge in [0.05, 0.1) is 0 Å². The topological polar surface area (TPSA) is 21.1 Å². The molecule has 0 fully saturated rings. The monoisotopic (exact) mass is 259 g/mol. The van der Waals surface area contributed by atoms with E-state index < -0.39 is 0 Å². The fraction of sp³-hybridized carbons (Fsp3) is 0.700. The van der Waals surface area contributed by atoms with Gasteiger partial charge in [-0.05, 0) is 20.3 Å². The summed E-state index contributed by atoms with van der Waals surface area (Å²) in [5.74, 6) is 1.09. The van der Waals surface area contributed by atoms with Crippen molar-refractivity contribution in [2.75, 3.05) is 23.3 Å². The molecule has 1 aromatic rings. The lowest BCUT2D eigenvalue weighted by atomic mass is 10.4. The van der Waals surface area contributed by atoms with Crippen LogP contribution in [0.2, 0.25) is 0 Å². The number of aromatic nitrogens is 2. The van der Waals surface area contributed by atoms with Gasteiger partial charge in [0.25, 0.3) is 0 Å². The van der Waals surface area contributed by atoms with Gasteiger partial charge in [-0.3, -0.25) is 0 Å². The molecule has 0 aliphatic rings. The van der Waals surface area contributed by atoms with Crippen molar-refractivity contribution in [3.8, 4) is 0 Å². The van der Waals surface area contributed by atoms with Crippen molar-refractivity contribution in [1.82, 2.24) is 9.55 Å². The van der Waals surface area contributed by atoms with Gasteiger partial charge in [0.2, 0.25) is 5.95 Å². The second kappa shape index (κ2) is 6.06. The van der Waals surface area contributed by atoms with Gasteiger partial charge in [-0.2, -0.15) is 0 Å². The van der Waals surface area contributed by atoms with Crippen molar-refractivity contribution < 1.29 is 0 Å². The predicted molar refractivity (Wildman–Crippen MR) is 64.2 cm³/mol. The van der Waals surface area contributed by atoms with Crippen LogP contribution >= 0.6 is 15.9 Å². The molecule has 0 bridgehead atoms. The summed E-state index contributed by atoms with van der Waals surface area (Å²) in [5, 5.41) is 1.05. The Morgan fingerprint density at radius 2 is 2.29 bits per heavy atom. The number of anilines is 1. The molecule has 0 saturated heterocycles. The molecule has 0 saturated carbocycles. The van der Waals surface area contributed by atoms with E-state index >= 15 is 0 Å². The van der Waals surface area contributed by atoms with Crippen LogP contribution < -0.4 is 4.90 Å². The molecule has 1 heterocycles. The Morgan fingerprint density at radius 3 is 2.86 bits per heavy atom. The molecule has 0 aliphatic heterocycles. The first-order valence-corrected chi connectivity index (χ1v) is 6.27. The first-order chi connectivity index (χ1) is 6.83. The largest absolute Gasteiger partial charge is 0.343 e. The highest BCUT2D eigenvalue weighted by Gasteiger charge is 2.08. The Labute approximate surface area is 94.3 Å². The third-order valence-corrected chi connectivity index (χ3v) is 2.82. The number of rotatable bonds is 6. The lowest BCUT2D eigenvalue weighted by Crippen LogP contribution is -2.27. The number of halogens is 1. The van der Waals surface area contributed by atoms with Crippen LogP contribution in [0.4, 0.5) is 5.95 Å². The van der Waals surface area contributed by atoms with Gasteiger partial charge in [0.15, 0.2) is 0 Å². The number of hydrogen-bond donors (Lipinski definition) is 0. The van der Waals surface area contributed by atoms with Gasteiger partial charge in [-0.15, -0.1) is 0 Å². The normalized spacial score (nSPS) is 10.5. The van der Waals surface area contributed by atoms with Gasteiger partial charge >= 0.3 is 0 Å². The van der Waals surface area contributed by atoms with Crippen molar-refractivity contribution in [3.05, 3.63) is 12.4 Å². The smallest absolute Gasteiger partial charge is 0.205 e. The third kappa shape index (κ3) is 2.74. The molecule has 0 atom stereocenters. The Kier molecular flexibility index (Phi) is 5.01. The molecule has 0 unspecified atom stereocenters. The SMILES string of the molecule is CCN(CCCBr)c1nccn1CC. The molecule has 0 aromatic carbocycles. The predicted octanol–water partition coefficient (Wildman–Crippen LogP) is 2.51. The van der Waals surface area contributed by atoms with Crippen LogP contribution in [-0.4, -0.2) is 28.0 Å². The summed E-state index contributed by atoms with van der Waals surface area (Å²) in [5.41, 5.74) is 0. The molecule has 80 valence electrons. The molecule has 0 spiro atoms. The number of hydrogen-bond acceptors (Lipinski definition) is 2. The summed E-state index contributed by atoms with van der Waals surface area (Å²) in [6.07, 6.45) is 5.06. The number of imidazole rings is 1. The van der Waals surface area contributed by atoms with E-state index in [2.05, 4.69) is 44.2 Å². The highest BCUT2D eigenvalue weighted by molar-refractivity contribution is 9.09. The Hall–Kier alpha value is -0.510. The van der Waals surface area contributed by atoms with E-state index in [-0.39, 0.29) is 0 Å². The first kappa shape index (κ1) is 11.6. The van der Waals surface area contributed by atoms with Crippen molar-refractivity contribution in [3.63, 3.8) is 0 Å². The second-order valence-corrected chi connectivity index (χ2v) is 3.93. The molecular formula is C10H18BrN3. The van der Waals surface area contributed by atoms with Crippen molar-refractivity contribution >= 4 is 21.9 Å². The van der Waals surface area contributed by atoms with E-state index in [1.165, 1.54) is 0 Å². The summed E-state index contributed by atoms with van der Waals surface area (Å²) >= 11 is 3.45. The zero-order valence-corrected chi connectivity index (χ0v) is 10.5. The standard InChI is InChI=1S/C10H18BrN3/c1-3-13(8-5-6-11)10-12-7-9-14(10)4-2/h7,9H,3-6,8H2,1-2H3. The van der Waals surface area contributed by atoms with Crippen LogP contribution in [0.1, 0.15) is 20.3 Å². The van der Waals surface area contributed by atoms with E-state index in [1.807, 2.05) is 12.4 Å². The van der Waals surface area contributed by atoms with E-state index in [9.17, 15) is 0 Å². The lowest BCUT2D eigenvalue weighted by Gasteiger charge is -2.22. The Bertz CT molecular complexity index is 260. The Morgan fingerprint density at radius 1 is 1.50 bits per heavy atom. The first-order valence-electron chi connectivity index (χ1n) is 5.15. The average Bonchev–Trinajstić information content (AvgIpc) is 2.67. The minimum atomic E-state index is 0.986. The number of alkyl halides is 1. The zero-order chi connectivity index (χ0) is 10.4. The molecule has 0 amide bonds. The summed E-state index contributed by atoms with van der Waals surface area (Å²) in [6, 6.07) is 0. The molecule has 14 heavy (non-hydrogen) atoms. The minimum Gasteiger partial charge on any atom is -0.343 e. The lowest BCUT2D eigenvalue weighted by molar-refractivity contribution is 0.694. The maximum atomic E-state index is 4.38. The summed E-state index contributed by atoms with van der Waals surface area (Å²) in [6.45, 7) is 7.38. The van der Waals surface area contributed by atoms with E-state index in [4.69, 9.17) is 0 Å². The van der Waals surface area contributed by atoms with Gasteiger partial charge in [0.1, 0.15) is 0 Å². The summed E-state index contributed by atoms with van der Waals surface area (Å²) < 4.78 is 2.18.